The van der Waals surface area contributed by atoms with Crippen molar-refractivity contribution in [2.75, 3.05) is 26.2 Å². The summed E-state index contributed by atoms with van der Waals surface area (Å²) < 4.78 is 32.3. The minimum Gasteiger partial charge on any atom is -0.376 e. The van der Waals surface area contributed by atoms with Gasteiger partial charge in [0.1, 0.15) is 11.6 Å². The smallest absolute Gasteiger partial charge is 0.254 e. The summed E-state index contributed by atoms with van der Waals surface area (Å²) >= 11 is 0. The van der Waals surface area contributed by atoms with Crippen molar-refractivity contribution in [1.29, 1.82) is 0 Å². The highest BCUT2D eigenvalue weighted by Crippen LogP contribution is 2.14. The van der Waals surface area contributed by atoms with E-state index in [1.54, 1.807) is 0 Å². The Kier molecular flexibility index (Phi) is 5.64. The fraction of sp³-hybridized carbons (Fsp3) is 0.533. The van der Waals surface area contributed by atoms with E-state index in [2.05, 4.69) is 10.6 Å². The number of amides is 1. The molecule has 1 heterocycles. The summed E-state index contributed by atoms with van der Waals surface area (Å²) in [5, 5.41) is 5.82. The van der Waals surface area contributed by atoms with Gasteiger partial charge in [0, 0.05) is 12.6 Å². The Balaban J connectivity index is 1.78. The second-order valence-corrected chi connectivity index (χ2v) is 5.16. The van der Waals surface area contributed by atoms with E-state index in [0.717, 1.165) is 32.0 Å². The Bertz CT molecular complexity index is 503. The van der Waals surface area contributed by atoms with Gasteiger partial charge in [-0.15, -0.1) is 0 Å². The summed E-state index contributed by atoms with van der Waals surface area (Å²) in [7, 11) is 0. The van der Waals surface area contributed by atoms with Crippen molar-refractivity contribution in [2.24, 2.45) is 0 Å². The zero-order valence-electron chi connectivity index (χ0n) is 12.0. The maximum atomic E-state index is 13.5. The number of benzene rings is 1. The Hall–Kier alpha value is -1.53. The average Bonchev–Trinajstić information content (AvgIpc) is 2.48. The van der Waals surface area contributed by atoms with Crippen LogP contribution in [0.2, 0.25) is 0 Å². The monoisotopic (exact) mass is 298 g/mol. The number of carbonyl (C=O) groups is 1. The summed E-state index contributed by atoms with van der Waals surface area (Å²) in [5.41, 5.74) is 0.100. The van der Waals surface area contributed by atoms with Crippen molar-refractivity contribution in [3.63, 3.8) is 0 Å². The molecule has 6 heteroatoms. The quantitative estimate of drug-likeness (QED) is 0.815. The zero-order valence-corrected chi connectivity index (χ0v) is 12.0. The molecule has 4 nitrogen and oxygen atoms in total. The molecule has 2 N–H and O–H groups in total. The lowest BCUT2D eigenvalue weighted by atomic mass is 10.1. The molecule has 0 atom stereocenters. The molecule has 0 saturated carbocycles. The van der Waals surface area contributed by atoms with Gasteiger partial charge < -0.3 is 15.4 Å². The fourth-order valence-corrected chi connectivity index (χ4v) is 2.28. The van der Waals surface area contributed by atoms with Crippen molar-refractivity contribution < 1.29 is 18.3 Å². The van der Waals surface area contributed by atoms with Crippen molar-refractivity contribution in [1.82, 2.24) is 10.6 Å². The van der Waals surface area contributed by atoms with Crippen LogP contribution in [-0.4, -0.2) is 38.3 Å². The normalized spacial score (nSPS) is 16.0. The van der Waals surface area contributed by atoms with E-state index in [9.17, 15) is 13.6 Å². The molecule has 0 aliphatic carbocycles. The van der Waals surface area contributed by atoms with Crippen LogP contribution in [0, 0.1) is 18.6 Å². The number of piperidine rings is 1. The van der Waals surface area contributed by atoms with Gasteiger partial charge in [-0.25, -0.2) is 8.78 Å². The van der Waals surface area contributed by atoms with Gasteiger partial charge in [-0.05, 0) is 44.5 Å². The number of halogens is 2. The van der Waals surface area contributed by atoms with E-state index in [4.69, 9.17) is 4.74 Å². The van der Waals surface area contributed by atoms with Gasteiger partial charge in [-0.3, -0.25) is 4.79 Å². The van der Waals surface area contributed by atoms with Crippen molar-refractivity contribution in [2.45, 2.75) is 25.9 Å². The SMILES string of the molecule is Cc1cc(C(=O)NCCOC2CCNCC2)c(F)cc1F. The van der Waals surface area contributed by atoms with Gasteiger partial charge in [0.25, 0.3) is 5.91 Å². The summed E-state index contributed by atoms with van der Waals surface area (Å²) in [4.78, 5) is 11.8. The predicted octanol–water partition coefficient (Wildman–Crippen LogP) is 1.77. The highest BCUT2D eigenvalue weighted by Gasteiger charge is 2.15. The molecule has 0 aromatic heterocycles. The van der Waals surface area contributed by atoms with Gasteiger partial charge in [0.05, 0.1) is 18.3 Å². The van der Waals surface area contributed by atoms with Gasteiger partial charge >= 0.3 is 0 Å². The Morgan fingerprint density at radius 2 is 2.05 bits per heavy atom. The molecule has 1 aromatic rings. The second kappa shape index (κ2) is 7.47. The van der Waals surface area contributed by atoms with Crippen LogP contribution in [0.15, 0.2) is 12.1 Å². The number of hydrogen-bond donors (Lipinski definition) is 2. The lowest BCUT2D eigenvalue weighted by Crippen LogP contribution is -2.35. The van der Waals surface area contributed by atoms with E-state index >= 15 is 0 Å². The van der Waals surface area contributed by atoms with Crippen molar-refractivity contribution in [3.05, 3.63) is 34.9 Å². The Morgan fingerprint density at radius 3 is 2.76 bits per heavy atom. The first kappa shape index (κ1) is 15.9. The topological polar surface area (TPSA) is 50.4 Å². The van der Waals surface area contributed by atoms with Crippen LogP contribution in [0.25, 0.3) is 0 Å². The molecule has 1 aliphatic rings. The number of aryl methyl sites for hydroxylation is 1. The van der Waals surface area contributed by atoms with E-state index in [0.29, 0.717) is 13.2 Å². The van der Waals surface area contributed by atoms with Crippen LogP contribution >= 0.6 is 0 Å². The summed E-state index contributed by atoms with van der Waals surface area (Å²) in [6.45, 7) is 4.07. The molecular formula is C15H20F2N2O2. The van der Waals surface area contributed by atoms with Crippen molar-refractivity contribution in [3.8, 4) is 0 Å². The highest BCUT2D eigenvalue weighted by atomic mass is 19.1. The second-order valence-electron chi connectivity index (χ2n) is 5.16. The number of ether oxygens (including phenoxy) is 1. The van der Waals surface area contributed by atoms with Crippen molar-refractivity contribution >= 4 is 5.91 Å². The first-order valence-corrected chi connectivity index (χ1v) is 7.14. The Labute approximate surface area is 122 Å². The molecule has 1 aliphatic heterocycles. The van der Waals surface area contributed by atoms with Gasteiger partial charge in [0.15, 0.2) is 0 Å². The first-order chi connectivity index (χ1) is 10.1. The van der Waals surface area contributed by atoms with Crippen LogP contribution in [0.3, 0.4) is 0 Å². The van der Waals surface area contributed by atoms with E-state index in [1.165, 1.54) is 13.0 Å². The van der Waals surface area contributed by atoms with E-state index in [1.807, 2.05) is 0 Å². The number of nitrogens with one attached hydrogen (secondary N) is 2. The van der Waals surface area contributed by atoms with Crippen LogP contribution in [0.4, 0.5) is 8.78 Å². The van der Waals surface area contributed by atoms with Crippen LogP contribution < -0.4 is 10.6 Å². The predicted molar refractivity (Wildman–Crippen MR) is 75.3 cm³/mol. The standard InChI is InChI=1S/C15H20F2N2O2/c1-10-8-12(14(17)9-13(10)16)15(20)19-6-7-21-11-2-4-18-5-3-11/h8-9,11,18H,2-7H2,1H3,(H,19,20). The third kappa shape index (κ3) is 4.47. The molecule has 21 heavy (non-hydrogen) atoms. The molecule has 0 bridgehead atoms. The molecule has 1 saturated heterocycles. The van der Waals surface area contributed by atoms with Gasteiger partial charge in [-0.1, -0.05) is 0 Å². The average molecular weight is 298 g/mol. The number of hydrogen-bond acceptors (Lipinski definition) is 3. The van der Waals surface area contributed by atoms with E-state index in [-0.39, 0.29) is 17.2 Å². The molecule has 116 valence electrons. The molecule has 0 radical (unpaired) electrons. The summed E-state index contributed by atoms with van der Waals surface area (Å²) in [6, 6.07) is 1.95. The van der Waals surface area contributed by atoms with Crippen LogP contribution in [0.5, 0.6) is 0 Å². The van der Waals surface area contributed by atoms with Gasteiger partial charge in [0.2, 0.25) is 0 Å². The third-order valence-electron chi connectivity index (χ3n) is 3.52. The lowest BCUT2D eigenvalue weighted by molar-refractivity contribution is 0.0343. The lowest BCUT2D eigenvalue weighted by Gasteiger charge is -2.22. The van der Waals surface area contributed by atoms with Gasteiger partial charge in [-0.2, -0.15) is 0 Å². The maximum absolute atomic E-state index is 13.5. The Morgan fingerprint density at radius 1 is 1.33 bits per heavy atom. The molecule has 2 rings (SSSR count). The maximum Gasteiger partial charge on any atom is 0.254 e. The molecule has 1 fully saturated rings. The first-order valence-electron chi connectivity index (χ1n) is 7.14. The van der Waals surface area contributed by atoms with E-state index < -0.39 is 17.5 Å². The fourth-order valence-electron chi connectivity index (χ4n) is 2.28. The van der Waals surface area contributed by atoms with Crippen LogP contribution in [0.1, 0.15) is 28.8 Å². The molecular weight excluding hydrogens is 278 g/mol. The molecule has 1 amide bonds. The zero-order chi connectivity index (χ0) is 15.2. The summed E-state index contributed by atoms with van der Waals surface area (Å²) in [5.74, 6) is -2.06. The molecule has 1 aromatic carbocycles. The third-order valence-corrected chi connectivity index (χ3v) is 3.52. The minimum atomic E-state index is -0.852. The largest absolute Gasteiger partial charge is 0.376 e. The number of rotatable bonds is 5. The minimum absolute atomic E-state index is 0.143. The number of carbonyl (C=O) groups excluding carboxylic acids is 1. The molecule has 0 spiro atoms. The molecule has 0 unspecified atom stereocenters. The summed E-state index contributed by atoms with van der Waals surface area (Å²) in [6.07, 6.45) is 2.13. The van der Waals surface area contributed by atoms with Crippen LogP contribution in [-0.2, 0) is 4.74 Å². The highest BCUT2D eigenvalue weighted by molar-refractivity contribution is 5.94.